The van der Waals surface area contributed by atoms with Crippen molar-refractivity contribution in [3.63, 3.8) is 0 Å². The predicted molar refractivity (Wildman–Crippen MR) is 57.8 cm³/mol. The molecule has 0 aromatic carbocycles. The van der Waals surface area contributed by atoms with Crippen LogP contribution in [0.1, 0.15) is 33.1 Å². The van der Waals surface area contributed by atoms with E-state index < -0.39 is 6.10 Å². The van der Waals surface area contributed by atoms with E-state index in [0.717, 1.165) is 0 Å². The molecular weight excluding hydrogens is 212 g/mol. The molecule has 0 heterocycles. The van der Waals surface area contributed by atoms with Crippen LogP contribution in [0.4, 0.5) is 0 Å². The molecule has 0 bridgehead atoms. The summed E-state index contributed by atoms with van der Waals surface area (Å²) in [6.07, 6.45) is 0.353. The number of carbonyl (C=O) groups excluding carboxylic acids is 2. The second-order valence-corrected chi connectivity index (χ2v) is 4.79. The van der Waals surface area contributed by atoms with Crippen molar-refractivity contribution < 1.29 is 24.9 Å². The molecule has 5 heteroatoms. The number of hydrogen-bond donors (Lipinski definition) is 3. The first-order valence-corrected chi connectivity index (χ1v) is 5.24. The molecule has 1 saturated carbocycles. The lowest BCUT2D eigenvalue weighted by atomic mass is 9.76. The van der Waals surface area contributed by atoms with Crippen molar-refractivity contribution in [1.82, 2.24) is 0 Å². The standard InChI is InChI=1S/C8H12O2.C3H8O3/c1-8(2)4-6(9)3-7(10)5-8;4-1-3(6)2-5/h3-5H2,1-2H3;3-6H,1-2H2. The molecule has 0 aromatic rings. The highest BCUT2D eigenvalue weighted by molar-refractivity contribution is 6.01. The van der Waals surface area contributed by atoms with Crippen molar-refractivity contribution >= 4 is 11.6 Å². The van der Waals surface area contributed by atoms with Gasteiger partial charge in [-0.1, -0.05) is 13.8 Å². The Labute approximate surface area is 95.1 Å². The van der Waals surface area contributed by atoms with Crippen LogP contribution in [-0.2, 0) is 9.59 Å². The third-order valence-electron chi connectivity index (χ3n) is 2.17. The second-order valence-electron chi connectivity index (χ2n) is 4.79. The summed E-state index contributed by atoms with van der Waals surface area (Å²) in [5.74, 6) is 0.197. The number of Topliss-reactive ketones (excluding diaryl/α,β-unsaturated/α-hetero) is 2. The van der Waals surface area contributed by atoms with Crippen LogP contribution in [0.15, 0.2) is 0 Å². The summed E-state index contributed by atoms with van der Waals surface area (Å²) in [5.41, 5.74) is -0.0770. The van der Waals surface area contributed by atoms with Crippen LogP contribution in [0.3, 0.4) is 0 Å². The number of carbonyl (C=O) groups is 2. The summed E-state index contributed by atoms with van der Waals surface area (Å²) in [7, 11) is 0. The molecule has 1 fully saturated rings. The van der Waals surface area contributed by atoms with Gasteiger partial charge in [0.1, 0.15) is 17.7 Å². The lowest BCUT2D eigenvalue weighted by Gasteiger charge is -2.26. The summed E-state index contributed by atoms with van der Waals surface area (Å²) >= 11 is 0. The molecular formula is C11H20O5. The quantitative estimate of drug-likeness (QED) is 0.566. The monoisotopic (exact) mass is 232 g/mol. The maximum atomic E-state index is 10.9. The Morgan fingerprint density at radius 3 is 1.69 bits per heavy atom. The third kappa shape index (κ3) is 6.66. The van der Waals surface area contributed by atoms with E-state index in [9.17, 15) is 9.59 Å². The molecule has 1 aliphatic rings. The molecule has 1 rings (SSSR count). The maximum Gasteiger partial charge on any atom is 0.140 e. The largest absolute Gasteiger partial charge is 0.394 e. The summed E-state index contributed by atoms with van der Waals surface area (Å²) in [4.78, 5) is 21.7. The van der Waals surface area contributed by atoms with Gasteiger partial charge in [-0.05, 0) is 5.41 Å². The highest BCUT2D eigenvalue weighted by Crippen LogP contribution is 2.30. The Hall–Kier alpha value is -0.780. The number of aliphatic hydroxyl groups is 3. The minimum Gasteiger partial charge on any atom is -0.394 e. The molecule has 0 aliphatic heterocycles. The zero-order valence-corrected chi connectivity index (χ0v) is 9.77. The maximum absolute atomic E-state index is 10.9. The molecule has 0 atom stereocenters. The van der Waals surface area contributed by atoms with Gasteiger partial charge in [0.25, 0.3) is 0 Å². The Morgan fingerprint density at radius 1 is 1.12 bits per heavy atom. The van der Waals surface area contributed by atoms with Crippen LogP contribution in [0, 0.1) is 5.41 Å². The third-order valence-corrected chi connectivity index (χ3v) is 2.17. The van der Waals surface area contributed by atoms with E-state index in [1.165, 1.54) is 0 Å². The summed E-state index contributed by atoms with van der Waals surface area (Å²) in [6.45, 7) is 3.19. The number of hydrogen-bond acceptors (Lipinski definition) is 5. The van der Waals surface area contributed by atoms with Crippen LogP contribution < -0.4 is 0 Å². The molecule has 16 heavy (non-hydrogen) atoms. The van der Waals surface area contributed by atoms with Gasteiger partial charge in [-0.25, -0.2) is 0 Å². The highest BCUT2D eigenvalue weighted by Gasteiger charge is 2.31. The molecule has 0 amide bonds. The molecule has 5 nitrogen and oxygen atoms in total. The number of aliphatic hydroxyl groups excluding tert-OH is 3. The highest BCUT2D eigenvalue weighted by atomic mass is 16.3. The fourth-order valence-corrected chi connectivity index (χ4v) is 1.53. The first-order chi connectivity index (χ1) is 7.30. The minimum atomic E-state index is -0.954. The van der Waals surface area contributed by atoms with Crippen LogP contribution in [0.25, 0.3) is 0 Å². The Morgan fingerprint density at radius 2 is 1.50 bits per heavy atom. The second kappa shape index (κ2) is 6.73. The topological polar surface area (TPSA) is 94.8 Å². The molecule has 0 spiro atoms. The number of rotatable bonds is 2. The van der Waals surface area contributed by atoms with Crippen molar-refractivity contribution in [3.05, 3.63) is 0 Å². The van der Waals surface area contributed by atoms with Crippen molar-refractivity contribution in [2.75, 3.05) is 13.2 Å². The predicted octanol–water partition coefficient (Wildman–Crippen LogP) is -0.333. The molecule has 1 aliphatic carbocycles. The van der Waals surface area contributed by atoms with E-state index in [1.54, 1.807) is 0 Å². The lowest BCUT2D eigenvalue weighted by molar-refractivity contribution is -0.133. The van der Waals surface area contributed by atoms with Crippen molar-refractivity contribution in [2.24, 2.45) is 5.41 Å². The van der Waals surface area contributed by atoms with Crippen molar-refractivity contribution in [1.29, 1.82) is 0 Å². The van der Waals surface area contributed by atoms with E-state index in [1.807, 2.05) is 13.8 Å². The van der Waals surface area contributed by atoms with E-state index in [-0.39, 0.29) is 36.6 Å². The minimum absolute atomic E-state index is 0.0770. The number of ketones is 2. The van der Waals surface area contributed by atoms with Crippen LogP contribution >= 0.6 is 0 Å². The van der Waals surface area contributed by atoms with Gasteiger partial charge in [0.2, 0.25) is 0 Å². The summed E-state index contributed by atoms with van der Waals surface area (Å²) in [5, 5.41) is 24.0. The van der Waals surface area contributed by atoms with Gasteiger partial charge >= 0.3 is 0 Å². The van der Waals surface area contributed by atoms with Crippen LogP contribution in [-0.4, -0.2) is 46.2 Å². The van der Waals surface area contributed by atoms with Crippen LogP contribution in [0.5, 0.6) is 0 Å². The molecule has 0 saturated heterocycles. The molecule has 94 valence electrons. The van der Waals surface area contributed by atoms with Gasteiger partial charge in [-0.2, -0.15) is 0 Å². The van der Waals surface area contributed by atoms with Gasteiger partial charge in [0, 0.05) is 12.8 Å². The fourth-order valence-electron chi connectivity index (χ4n) is 1.53. The average Bonchev–Trinajstić information content (AvgIpc) is 2.13. The zero-order chi connectivity index (χ0) is 12.8. The van der Waals surface area contributed by atoms with Crippen molar-refractivity contribution in [2.45, 2.75) is 39.2 Å². The SMILES string of the molecule is CC1(C)CC(=O)CC(=O)C1.OCC(O)CO. The molecule has 0 radical (unpaired) electrons. The van der Waals surface area contributed by atoms with E-state index in [4.69, 9.17) is 15.3 Å². The first kappa shape index (κ1) is 15.2. The van der Waals surface area contributed by atoms with E-state index in [2.05, 4.69) is 0 Å². The summed E-state index contributed by atoms with van der Waals surface area (Å²) in [6, 6.07) is 0. The normalized spacial score (nSPS) is 19.4. The summed E-state index contributed by atoms with van der Waals surface area (Å²) < 4.78 is 0. The Balaban J connectivity index is 0.000000325. The first-order valence-electron chi connectivity index (χ1n) is 5.24. The van der Waals surface area contributed by atoms with Gasteiger partial charge < -0.3 is 15.3 Å². The van der Waals surface area contributed by atoms with E-state index >= 15 is 0 Å². The zero-order valence-electron chi connectivity index (χ0n) is 9.77. The van der Waals surface area contributed by atoms with Gasteiger partial charge in [0.05, 0.1) is 19.6 Å². The fraction of sp³-hybridized carbons (Fsp3) is 0.818. The Kier molecular flexibility index (Phi) is 6.40. The molecule has 3 N–H and O–H groups in total. The molecule has 0 unspecified atom stereocenters. The lowest BCUT2D eigenvalue weighted by Crippen LogP contribution is -2.28. The Bertz CT molecular complexity index is 225. The van der Waals surface area contributed by atoms with E-state index in [0.29, 0.717) is 12.8 Å². The molecule has 0 aromatic heterocycles. The van der Waals surface area contributed by atoms with Crippen LogP contribution in [0.2, 0.25) is 0 Å². The van der Waals surface area contributed by atoms with Gasteiger partial charge in [-0.3, -0.25) is 9.59 Å². The van der Waals surface area contributed by atoms with Crippen molar-refractivity contribution in [3.8, 4) is 0 Å². The van der Waals surface area contributed by atoms with Gasteiger partial charge in [-0.15, -0.1) is 0 Å². The average molecular weight is 232 g/mol. The smallest absolute Gasteiger partial charge is 0.140 e. The van der Waals surface area contributed by atoms with Gasteiger partial charge in [0.15, 0.2) is 0 Å².